The fourth-order valence-electron chi connectivity index (χ4n) is 2.52. The number of nitrogens with one attached hydrogen (secondary N) is 2. The third-order valence-corrected chi connectivity index (χ3v) is 3.79. The maximum atomic E-state index is 3.59. The van der Waals surface area contributed by atoms with E-state index in [4.69, 9.17) is 0 Å². The Labute approximate surface area is 94.2 Å². The zero-order valence-corrected chi connectivity index (χ0v) is 9.93. The average molecular weight is 210 g/mol. The normalized spacial score (nSPS) is 26.8. The lowest BCUT2D eigenvalue weighted by atomic mass is 9.96. The largest absolute Gasteiger partial charge is 0.317 e. The molecule has 2 fully saturated rings. The maximum Gasteiger partial charge on any atom is -0.00200 e. The maximum absolute atomic E-state index is 3.59. The number of piperidine rings is 1. The van der Waals surface area contributed by atoms with Gasteiger partial charge in [0.05, 0.1) is 0 Å². The first-order valence-electron chi connectivity index (χ1n) is 6.86. The van der Waals surface area contributed by atoms with Crippen LogP contribution >= 0.6 is 0 Å². The topological polar surface area (TPSA) is 24.1 Å². The first kappa shape index (κ1) is 11.4. The van der Waals surface area contributed by atoms with Gasteiger partial charge in [-0.25, -0.2) is 0 Å². The van der Waals surface area contributed by atoms with Crippen LogP contribution in [0.4, 0.5) is 0 Å². The van der Waals surface area contributed by atoms with Crippen molar-refractivity contribution in [1.29, 1.82) is 0 Å². The molecule has 0 aromatic rings. The second kappa shape index (κ2) is 6.49. The van der Waals surface area contributed by atoms with E-state index in [1.807, 2.05) is 0 Å². The second-order valence-corrected chi connectivity index (χ2v) is 5.34. The Morgan fingerprint density at radius 3 is 2.67 bits per heavy atom. The SMILES string of the molecule is C(CNCCC1CCCNC1)CC1CC1. The Hall–Kier alpha value is -0.0800. The Morgan fingerprint density at radius 1 is 1.00 bits per heavy atom. The molecule has 0 bridgehead atoms. The lowest BCUT2D eigenvalue weighted by Crippen LogP contribution is -2.31. The Balaban J connectivity index is 1.37. The van der Waals surface area contributed by atoms with Crippen molar-refractivity contribution in [3.05, 3.63) is 0 Å². The van der Waals surface area contributed by atoms with E-state index < -0.39 is 0 Å². The smallest absolute Gasteiger partial charge is 0.00200 e. The first-order chi connectivity index (χ1) is 7.45. The Morgan fingerprint density at radius 2 is 1.93 bits per heavy atom. The quantitative estimate of drug-likeness (QED) is 0.629. The molecule has 0 spiro atoms. The molecule has 1 heterocycles. The van der Waals surface area contributed by atoms with Crippen LogP contribution in [0.1, 0.15) is 44.9 Å². The zero-order chi connectivity index (χ0) is 10.3. The van der Waals surface area contributed by atoms with Gasteiger partial charge in [-0.15, -0.1) is 0 Å². The summed E-state index contributed by atoms with van der Waals surface area (Å²) in [6, 6.07) is 0. The van der Waals surface area contributed by atoms with Crippen molar-refractivity contribution in [3.8, 4) is 0 Å². The van der Waals surface area contributed by atoms with Gasteiger partial charge in [-0.3, -0.25) is 0 Å². The van der Waals surface area contributed by atoms with E-state index in [1.165, 1.54) is 71.1 Å². The van der Waals surface area contributed by atoms with Crippen molar-refractivity contribution in [3.63, 3.8) is 0 Å². The van der Waals surface area contributed by atoms with E-state index >= 15 is 0 Å². The van der Waals surface area contributed by atoms with Crippen LogP contribution < -0.4 is 10.6 Å². The highest BCUT2D eigenvalue weighted by Crippen LogP contribution is 2.33. The molecule has 15 heavy (non-hydrogen) atoms. The van der Waals surface area contributed by atoms with E-state index in [-0.39, 0.29) is 0 Å². The summed E-state index contributed by atoms with van der Waals surface area (Å²) in [5.41, 5.74) is 0. The van der Waals surface area contributed by atoms with Crippen molar-refractivity contribution in [2.45, 2.75) is 44.9 Å². The molecule has 0 radical (unpaired) electrons. The molecule has 2 nitrogen and oxygen atoms in total. The molecule has 2 heteroatoms. The fourth-order valence-corrected chi connectivity index (χ4v) is 2.52. The molecule has 0 aromatic heterocycles. The molecule has 1 saturated carbocycles. The van der Waals surface area contributed by atoms with Crippen molar-refractivity contribution >= 4 is 0 Å². The van der Waals surface area contributed by atoms with Gasteiger partial charge in [0.25, 0.3) is 0 Å². The summed E-state index contributed by atoms with van der Waals surface area (Å²) in [7, 11) is 0. The van der Waals surface area contributed by atoms with Crippen molar-refractivity contribution in [2.24, 2.45) is 11.8 Å². The standard InChI is InChI=1S/C13H26N2/c1(3-12-5-6-12)8-14-10-7-13-4-2-9-15-11-13/h12-15H,1-11H2. The zero-order valence-electron chi connectivity index (χ0n) is 9.93. The summed E-state index contributed by atoms with van der Waals surface area (Å²) >= 11 is 0. The van der Waals surface area contributed by atoms with Crippen LogP contribution in [0, 0.1) is 11.8 Å². The van der Waals surface area contributed by atoms with E-state index in [0.29, 0.717) is 0 Å². The predicted octanol–water partition coefficient (Wildman–Crippen LogP) is 2.16. The van der Waals surface area contributed by atoms with Crippen molar-refractivity contribution in [1.82, 2.24) is 10.6 Å². The lowest BCUT2D eigenvalue weighted by molar-refractivity contribution is 0.351. The minimum absolute atomic E-state index is 0.940. The fraction of sp³-hybridized carbons (Fsp3) is 1.00. The molecule has 1 aliphatic carbocycles. The first-order valence-corrected chi connectivity index (χ1v) is 6.86. The molecule has 0 amide bonds. The molecule has 1 unspecified atom stereocenters. The van der Waals surface area contributed by atoms with Gasteiger partial charge in [0.2, 0.25) is 0 Å². The van der Waals surface area contributed by atoms with Crippen molar-refractivity contribution in [2.75, 3.05) is 26.2 Å². The molecule has 2 rings (SSSR count). The molecule has 1 saturated heterocycles. The Kier molecular flexibility index (Phi) is 4.94. The van der Waals surface area contributed by atoms with Gasteiger partial charge in [-0.05, 0) is 70.1 Å². The lowest BCUT2D eigenvalue weighted by Gasteiger charge is -2.22. The summed E-state index contributed by atoms with van der Waals surface area (Å²) in [6.07, 6.45) is 10.1. The van der Waals surface area contributed by atoms with Crippen LogP contribution in [0.5, 0.6) is 0 Å². The van der Waals surface area contributed by atoms with E-state index in [2.05, 4.69) is 10.6 Å². The number of hydrogen-bond donors (Lipinski definition) is 2. The molecule has 1 aliphatic heterocycles. The Bertz CT molecular complexity index is 160. The average Bonchev–Trinajstić information content (AvgIpc) is 3.09. The third kappa shape index (κ3) is 4.98. The molecular formula is C13H26N2. The molecule has 2 N–H and O–H groups in total. The minimum atomic E-state index is 0.940. The molecule has 1 atom stereocenters. The summed E-state index contributed by atoms with van der Waals surface area (Å²) in [5, 5.41) is 7.07. The van der Waals surface area contributed by atoms with Gasteiger partial charge in [-0.1, -0.05) is 12.8 Å². The predicted molar refractivity (Wildman–Crippen MR) is 65.0 cm³/mol. The van der Waals surface area contributed by atoms with Crippen molar-refractivity contribution < 1.29 is 0 Å². The van der Waals surface area contributed by atoms with Gasteiger partial charge >= 0.3 is 0 Å². The molecule has 88 valence electrons. The molecular weight excluding hydrogens is 184 g/mol. The van der Waals surface area contributed by atoms with Crippen LogP contribution in [-0.4, -0.2) is 26.2 Å². The highest BCUT2D eigenvalue weighted by atomic mass is 14.9. The minimum Gasteiger partial charge on any atom is -0.317 e. The number of rotatable bonds is 7. The van der Waals surface area contributed by atoms with Crippen LogP contribution in [0.2, 0.25) is 0 Å². The molecule has 0 aromatic carbocycles. The summed E-state index contributed by atoms with van der Waals surface area (Å²) in [5.74, 6) is 2.05. The van der Waals surface area contributed by atoms with Crippen LogP contribution in [0.25, 0.3) is 0 Å². The van der Waals surface area contributed by atoms with E-state index in [0.717, 1.165) is 11.8 Å². The van der Waals surface area contributed by atoms with E-state index in [1.54, 1.807) is 0 Å². The van der Waals surface area contributed by atoms with Crippen LogP contribution in [0.15, 0.2) is 0 Å². The van der Waals surface area contributed by atoms with Crippen LogP contribution in [-0.2, 0) is 0 Å². The van der Waals surface area contributed by atoms with Gasteiger partial charge in [0, 0.05) is 0 Å². The highest BCUT2D eigenvalue weighted by molar-refractivity contribution is 4.73. The summed E-state index contributed by atoms with van der Waals surface area (Å²) < 4.78 is 0. The monoisotopic (exact) mass is 210 g/mol. The van der Waals surface area contributed by atoms with Gasteiger partial charge < -0.3 is 10.6 Å². The van der Waals surface area contributed by atoms with Crippen LogP contribution in [0.3, 0.4) is 0 Å². The van der Waals surface area contributed by atoms with E-state index in [9.17, 15) is 0 Å². The third-order valence-electron chi connectivity index (χ3n) is 3.79. The van der Waals surface area contributed by atoms with Gasteiger partial charge in [0.1, 0.15) is 0 Å². The second-order valence-electron chi connectivity index (χ2n) is 5.34. The highest BCUT2D eigenvalue weighted by Gasteiger charge is 2.19. The van der Waals surface area contributed by atoms with Gasteiger partial charge in [-0.2, -0.15) is 0 Å². The summed E-state index contributed by atoms with van der Waals surface area (Å²) in [4.78, 5) is 0. The number of hydrogen-bond acceptors (Lipinski definition) is 2. The summed E-state index contributed by atoms with van der Waals surface area (Å²) in [6.45, 7) is 4.97. The molecule has 2 aliphatic rings. The van der Waals surface area contributed by atoms with Gasteiger partial charge in [0.15, 0.2) is 0 Å².